The number of fused-ring (bicyclic) bond motifs is 3. The molecule has 0 nitrogen and oxygen atoms in total. The molecule has 0 aliphatic carbocycles. The molecule has 96 valence electrons. The molecule has 4 rings (SSSR count). The third-order valence-corrected chi connectivity index (χ3v) is 5.65. The fourth-order valence-electron chi connectivity index (χ4n) is 2.76. The van der Waals surface area contributed by atoms with Crippen LogP contribution in [0.4, 0.5) is 0 Å². The van der Waals surface area contributed by atoms with E-state index in [0.717, 1.165) is 0 Å². The molecule has 0 saturated heterocycles. The van der Waals surface area contributed by atoms with E-state index in [2.05, 4.69) is 88.6 Å². The molecule has 0 unspecified atom stereocenters. The van der Waals surface area contributed by atoms with Crippen molar-refractivity contribution >= 4 is 55.5 Å². The first-order valence-electron chi connectivity index (χ1n) is 6.49. The van der Waals surface area contributed by atoms with Crippen molar-refractivity contribution in [2.24, 2.45) is 0 Å². The smallest absolute Gasteiger partial charge is 0.0359 e. The molecule has 0 aliphatic heterocycles. The Kier molecular flexibility index (Phi) is 3.00. The van der Waals surface area contributed by atoms with Gasteiger partial charge in [-0.15, -0.1) is 11.3 Å². The van der Waals surface area contributed by atoms with Gasteiger partial charge in [-0.1, -0.05) is 54.6 Å². The lowest BCUT2D eigenvalue weighted by atomic mass is 9.96. The van der Waals surface area contributed by atoms with Crippen LogP contribution in [-0.4, -0.2) is 0 Å². The normalized spacial score (nSPS) is 11.2. The molecule has 0 N–H and O–H groups in total. The molecule has 1 heterocycles. The van der Waals surface area contributed by atoms with Crippen LogP contribution in [0, 0.1) is 3.57 Å². The fourth-order valence-corrected chi connectivity index (χ4v) is 4.79. The van der Waals surface area contributed by atoms with Gasteiger partial charge in [-0.3, -0.25) is 0 Å². The summed E-state index contributed by atoms with van der Waals surface area (Å²) in [6.07, 6.45) is 0. The van der Waals surface area contributed by atoms with Gasteiger partial charge in [0.2, 0.25) is 0 Å². The summed E-state index contributed by atoms with van der Waals surface area (Å²) in [6.45, 7) is 0. The summed E-state index contributed by atoms with van der Waals surface area (Å²) in [5.41, 5.74) is 1.37. The molecule has 0 amide bonds. The van der Waals surface area contributed by atoms with E-state index in [-0.39, 0.29) is 0 Å². The lowest BCUT2D eigenvalue weighted by Crippen LogP contribution is -1.87. The van der Waals surface area contributed by atoms with E-state index < -0.39 is 0 Å². The van der Waals surface area contributed by atoms with Gasteiger partial charge in [-0.2, -0.15) is 0 Å². The maximum absolute atomic E-state index is 2.49. The molecule has 0 atom stereocenters. The summed E-state index contributed by atoms with van der Waals surface area (Å²) in [5.74, 6) is 0. The van der Waals surface area contributed by atoms with Crippen molar-refractivity contribution in [3.05, 3.63) is 69.6 Å². The van der Waals surface area contributed by atoms with Crippen molar-refractivity contribution in [1.29, 1.82) is 0 Å². The van der Waals surface area contributed by atoms with Gasteiger partial charge in [0.05, 0.1) is 0 Å². The minimum atomic E-state index is 1.34. The Balaban J connectivity index is 2.29. The van der Waals surface area contributed by atoms with E-state index in [0.29, 0.717) is 0 Å². The molecular formula is C18H11IS. The van der Waals surface area contributed by atoms with Gasteiger partial charge in [-0.25, -0.2) is 0 Å². The van der Waals surface area contributed by atoms with Crippen molar-refractivity contribution in [3.8, 4) is 10.4 Å². The predicted molar refractivity (Wildman–Crippen MR) is 97.5 cm³/mol. The van der Waals surface area contributed by atoms with E-state index >= 15 is 0 Å². The SMILES string of the molecule is Ic1c(-c2cccs2)c2ccccc2c2ccccc12. The van der Waals surface area contributed by atoms with Crippen molar-refractivity contribution in [3.63, 3.8) is 0 Å². The first kappa shape index (κ1) is 12.4. The summed E-state index contributed by atoms with van der Waals surface area (Å²) >= 11 is 4.30. The highest BCUT2D eigenvalue weighted by Gasteiger charge is 2.13. The molecule has 0 spiro atoms. The highest BCUT2D eigenvalue weighted by Crippen LogP contribution is 2.40. The zero-order valence-corrected chi connectivity index (χ0v) is 13.6. The van der Waals surface area contributed by atoms with Crippen LogP contribution in [0.2, 0.25) is 0 Å². The van der Waals surface area contributed by atoms with Crippen molar-refractivity contribution in [2.75, 3.05) is 0 Å². The largest absolute Gasteiger partial charge is 0.144 e. The van der Waals surface area contributed by atoms with Gasteiger partial charge in [0.25, 0.3) is 0 Å². The first-order chi connectivity index (χ1) is 9.86. The summed E-state index contributed by atoms with van der Waals surface area (Å²) in [5, 5.41) is 7.52. The Morgan fingerprint density at radius 1 is 0.650 bits per heavy atom. The van der Waals surface area contributed by atoms with Crippen LogP contribution < -0.4 is 0 Å². The van der Waals surface area contributed by atoms with Crippen LogP contribution in [0.3, 0.4) is 0 Å². The third-order valence-electron chi connectivity index (χ3n) is 3.64. The Bertz CT molecular complexity index is 907. The molecule has 0 radical (unpaired) electrons. The molecule has 0 fully saturated rings. The van der Waals surface area contributed by atoms with Gasteiger partial charge in [0.1, 0.15) is 0 Å². The highest BCUT2D eigenvalue weighted by atomic mass is 127. The van der Waals surface area contributed by atoms with Crippen LogP contribution in [-0.2, 0) is 0 Å². The van der Waals surface area contributed by atoms with Crippen molar-refractivity contribution in [2.45, 2.75) is 0 Å². The minimum absolute atomic E-state index is 1.34. The monoisotopic (exact) mass is 386 g/mol. The highest BCUT2D eigenvalue weighted by molar-refractivity contribution is 14.1. The number of thiophene rings is 1. The molecule has 0 bridgehead atoms. The van der Waals surface area contributed by atoms with Gasteiger partial charge < -0.3 is 0 Å². The summed E-state index contributed by atoms with van der Waals surface area (Å²) in [7, 11) is 0. The summed E-state index contributed by atoms with van der Waals surface area (Å²) < 4.78 is 1.35. The second kappa shape index (κ2) is 4.86. The zero-order chi connectivity index (χ0) is 13.5. The Morgan fingerprint density at radius 3 is 1.90 bits per heavy atom. The zero-order valence-electron chi connectivity index (χ0n) is 10.6. The van der Waals surface area contributed by atoms with E-state index in [1.54, 1.807) is 0 Å². The van der Waals surface area contributed by atoms with E-state index in [1.807, 2.05) is 11.3 Å². The fraction of sp³-hybridized carbons (Fsp3) is 0. The Hall–Kier alpha value is -1.39. The van der Waals surface area contributed by atoms with Crippen molar-refractivity contribution < 1.29 is 0 Å². The summed E-state index contributed by atoms with van der Waals surface area (Å²) in [4.78, 5) is 1.34. The number of hydrogen-bond acceptors (Lipinski definition) is 1. The number of hydrogen-bond donors (Lipinski definition) is 0. The van der Waals surface area contributed by atoms with Gasteiger partial charge in [-0.05, 0) is 55.6 Å². The topological polar surface area (TPSA) is 0 Å². The number of rotatable bonds is 1. The Labute approximate surface area is 135 Å². The standard InChI is InChI=1S/C18H11IS/c19-18-15-9-4-2-7-13(15)12-6-1-3-8-14(12)17(18)16-10-5-11-20-16/h1-11H. The maximum Gasteiger partial charge on any atom is 0.0359 e. The molecule has 3 aromatic carbocycles. The lowest BCUT2D eigenvalue weighted by molar-refractivity contribution is 1.72. The van der Waals surface area contributed by atoms with Gasteiger partial charge in [0, 0.05) is 14.0 Å². The lowest BCUT2D eigenvalue weighted by Gasteiger charge is -2.12. The molecule has 1 aromatic heterocycles. The van der Waals surface area contributed by atoms with Crippen LogP contribution >= 0.6 is 33.9 Å². The van der Waals surface area contributed by atoms with Crippen LogP contribution in [0.5, 0.6) is 0 Å². The molecule has 20 heavy (non-hydrogen) atoms. The molecule has 4 aromatic rings. The summed E-state index contributed by atoms with van der Waals surface area (Å²) in [6, 6.07) is 21.7. The predicted octanol–water partition coefficient (Wildman–Crippen LogP) is 6.33. The number of halogens is 1. The number of benzene rings is 3. The molecule has 0 aliphatic rings. The minimum Gasteiger partial charge on any atom is -0.144 e. The first-order valence-corrected chi connectivity index (χ1v) is 8.45. The second-order valence-electron chi connectivity index (χ2n) is 4.76. The van der Waals surface area contributed by atoms with Crippen LogP contribution in [0.15, 0.2) is 66.0 Å². The van der Waals surface area contributed by atoms with Gasteiger partial charge >= 0.3 is 0 Å². The second-order valence-corrected chi connectivity index (χ2v) is 6.78. The third kappa shape index (κ3) is 1.79. The van der Waals surface area contributed by atoms with E-state index in [1.165, 1.54) is 35.6 Å². The average molecular weight is 386 g/mol. The maximum atomic E-state index is 2.49. The van der Waals surface area contributed by atoms with Gasteiger partial charge in [0.15, 0.2) is 0 Å². The molecular weight excluding hydrogens is 375 g/mol. The molecule has 0 saturated carbocycles. The van der Waals surface area contributed by atoms with E-state index in [4.69, 9.17) is 0 Å². The quantitative estimate of drug-likeness (QED) is 0.265. The average Bonchev–Trinajstić information content (AvgIpc) is 3.02. The Morgan fingerprint density at radius 2 is 1.25 bits per heavy atom. The molecule has 2 heteroatoms. The van der Waals surface area contributed by atoms with Crippen LogP contribution in [0.1, 0.15) is 0 Å². The van der Waals surface area contributed by atoms with Crippen LogP contribution in [0.25, 0.3) is 32.0 Å². The van der Waals surface area contributed by atoms with Crippen molar-refractivity contribution in [1.82, 2.24) is 0 Å². The van der Waals surface area contributed by atoms with E-state index in [9.17, 15) is 0 Å².